The number of nitrogens with one attached hydrogen (secondary N) is 2. The van der Waals surface area contributed by atoms with E-state index in [0.29, 0.717) is 72.3 Å². The Balaban J connectivity index is 1.01. The lowest BCUT2D eigenvalue weighted by Crippen LogP contribution is -2.51. The maximum atomic E-state index is 15.1. The summed E-state index contributed by atoms with van der Waals surface area (Å²) in [5, 5.41) is 14.3. The van der Waals surface area contributed by atoms with Crippen molar-refractivity contribution in [3.8, 4) is 11.3 Å². The summed E-state index contributed by atoms with van der Waals surface area (Å²) in [4.78, 5) is 33.4. The highest BCUT2D eigenvalue weighted by Gasteiger charge is 2.24. The highest BCUT2D eigenvalue weighted by Crippen LogP contribution is 2.27. The fourth-order valence-corrected chi connectivity index (χ4v) is 4.79. The van der Waals surface area contributed by atoms with Crippen molar-refractivity contribution in [2.75, 3.05) is 42.9 Å². The van der Waals surface area contributed by atoms with E-state index in [1.54, 1.807) is 41.4 Å². The molecule has 0 radical (unpaired) electrons. The SMILES string of the molecule is O=C(NCC(=O)N1CCN(c2ccc(-c3cc(CNc4ccon4)on3)cc2F)CC1)c1ccnc2ccccc12. The zero-order valence-electron chi connectivity index (χ0n) is 21.9. The lowest BCUT2D eigenvalue weighted by molar-refractivity contribution is -0.130. The first-order valence-corrected chi connectivity index (χ1v) is 13.1. The fraction of sp³-hybridized carbons (Fsp3) is 0.207. The van der Waals surface area contributed by atoms with Crippen LogP contribution in [-0.4, -0.2) is 64.7 Å². The molecule has 0 bridgehead atoms. The molecule has 0 saturated carbocycles. The Morgan fingerprint density at radius 1 is 0.976 bits per heavy atom. The number of halogens is 1. The summed E-state index contributed by atoms with van der Waals surface area (Å²) >= 11 is 0. The molecule has 1 fully saturated rings. The number of fused-ring (bicyclic) bond motifs is 1. The van der Waals surface area contributed by atoms with Gasteiger partial charge in [0.15, 0.2) is 11.6 Å². The summed E-state index contributed by atoms with van der Waals surface area (Å²) in [7, 11) is 0. The van der Waals surface area contributed by atoms with Crippen molar-refractivity contribution < 1.29 is 23.0 Å². The molecule has 0 atom stereocenters. The van der Waals surface area contributed by atoms with E-state index in [1.165, 1.54) is 12.3 Å². The molecular formula is C29H26FN7O4. The molecule has 0 aliphatic carbocycles. The molecule has 1 saturated heterocycles. The standard InChI is InChI=1S/C29H26FN7O4/c30-23-15-19(25-16-20(41-34-25)17-32-27-8-14-40-35-27)5-6-26(23)36-10-12-37(13-11-36)28(38)18-33-29(39)22-7-9-31-24-4-2-1-3-21(22)24/h1-9,14-16H,10-13,17-18H2,(H,32,35)(H,33,39). The number of piperazine rings is 1. The van der Waals surface area contributed by atoms with Gasteiger partial charge in [-0.2, -0.15) is 0 Å². The van der Waals surface area contributed by atoms with Gasteiger partial charge in [-0.25, -0.2) is 4.39 Å². The summed E-state index contributed by atoms with van der Waals surface area (Å²) in [6.07, 6.45) is 3.04. The molecule has 208 valence electrons. The van der Waals surface area contributed by atoms with Crippen LogP contribution in [0.2, 0.25) is 0 Å². The van der Waals surface area contributed by atoms with Gasteiger partial charge in [-0.1, -0.05) is 34.6 Å². The quantitative estimate of drug-likeness (QED) is 0.294. The third-order valence-corrected chi connectivity index (χ3v) is 6.95. The van der Waals surface area contributed by atoms with Crippen LogP contribution < -0.4 is 15.5 Å². The maximum absolute atomic E-state index is 15.1. The van der Waals surface area contributed by atoms with Crippen molar-refractivity contribution in [1.29, 1.82) is 0 Å². The molecule has 5 aromatic rings. The van der Waals surface area contributed by atoms with Gasteiger partial charge in [0.05, 0.1) is 29.9 Å². The normalized spacial score (nSPS) is 13.4. The van der Waals surface area contributed by atoms with E-state index in [9.17, 15) is 9.59 Å². The van der Waals surface area contributed by atoms with Crippen molar-refractivity contribution in [3.63, 3.8) is 0 Å². The van der Waals surface area contributed by atoms with Gasteiger partial charge >= 0.3 is 0 Å². The van der Waals surface area contributed by atoms with E-state index in [2.05, 4.69) is 25.9 Å². The van der Waals surface area contributed by atoms with Crippen molar-refractivity contribution in [2.24, 2.45) is 0 Å². The number of aromatic nitrogens is 3. The molecule has 4 heterocycles. The number of hydrogen-bond acceptors (Lipinski definition) is 9. The smallest absolute Gasteiger partial charge is 0.252 e. The van der Waals surface area contributed by atoms with Crippen LogP contribution in [0.4, 0.5) is 15.9 Å². The molecule has 2 amide bonds. The largest absolute Gasteiger partial charge is 0.366 e. The molecule has 0 unspecified atom stereocenters. The first-order chi connectivity index (χ1) is 20.0. The van der Waals surface area contributed by atoms with Crippen LogP contribution in [0, 0.1) is 5.82 Å². The van der Waals surface area contributed by atoms with Crippen molar-refractivity contribution >= 4 is 34.2 Å². The van der Waals surface area contributed by atoms with E-state index in [0.717, 1.165) is 5.39 Å². The Kier molecular flexibility index (Phi) is 7.27. The Morgan fingerprint density at radius 3 is 2.63 bits per heavy atom. The van der Waals surface area contributed by atoms with Gasteiger partial charge in [0.1, 0.15) is 17.8 Å². The lowest BCUT2D eigenvalue weighted by atomic mass is 10.1. The van der Waals surface area contributed by atoms with Gasteiger partial charge in [0.25, 0.3) is 5.91 Å². The number of pyridine rings is 1. The zero-order valence-corrected chi connectivity index (χ0v) is 21.9. The molecule has 6 rings (SSSR count). The van der Waals surface area contributed by atoms with Gasteiger partial charge < -0.3 is 29.5 Å². The molecule has 0 spiro atoms. The monoisotopic (exact) mass is 555 g/mol. The predicted molar refractivity (Wildman–Crippen MR) is 149 cm³/mol. The second-order valence-electron chi connectivity index (χ2n) is 9.51. The topological polar surface area (TPSA) is 130 Å². The van der Waals surface area contributed by atoms with Crippen LogP contribution in [0.3, 0.4) is 0 Å². The second-order valence-corrected chi connectivity index (χ2v) is 9.51. The van der Waals surface area contributed by atoms with Gasteiger partial charge in [-0.3, -0.25) is 14.6 Å². The number of anilines is 2. The third-order valence-electron chi connectivity index (χ3n) is 6.95. The van der Waals surface area contributed by atoms with Crippen LogP contribution in [0.1, 0.15) is 16.1 Å². The van der Waals surface area contributed by atoms with Crippen LogP contribution >= 0.6 is 0 Å². The summed E-state index contributed by atoms with van der Waals surface area (Å²) < 4.78 is 25.3. The highest BCUT2D eigenvalue weighted by molar-refractivity contribution is 6.06. The number of hydrogen-bond donors (Lipinski definition) is 2. The fourth-order valence-electron chi connectivity index (χ4n) is 4.79. The lowest BCUT2D eigenvalue weighted by Gasteiger charge is -2.36. The second kappa shape index (κ2) is 11.5. The molecule has 11 nitrogen and oxygen atoms in total. The van der Waals surface area contributed by atoms with Crippen LogP contribution in [0.5, 0.6) is 0 Å². The van der Waals surface area contributed by atoms with Crippen LogP contribution in [-0.2, 0) is 11.3 Å². The van der Waals surface area contributed by atoms with Crippen molar-refractivity contribution in [1.82, 2.24) is 25.5 Å². The number of nitrogens with zero attached hydrogens (tertiary/aromatic N) is 5. The number of carbonyl (C=O) groups is 2. The zero-order chi connectivity index (χ0) is 28.2. The molecule has 41 heavy (non-hydrogen) atoms. The van der Waals surface area contributed by atoms with Crippen LogP contribution in [0.25, 0.3) is 22.2 Å². The number of para-hydroxylation sites is 1. The van der Waals surface area contributed by atoms with E-state index in [-0.39, 0.29) is 24.2 Å². The summed E-state index contributed by atoms with van der Waals surface area (Å²) in [6.45, 7) is 2.00. The van der Waals surface area contributed by atoms with Crippen LogP contribution in [0.15, 0.2) is 82.2 Å². The minimum atomic E-state index is -0.385. The highest BCUT2D eigenvalue weighted by atomic mass is 19.1. The Hall–Kier alpha value is -5.26. The first kappa shape index (κ1) is 26.0. The van der Waals surface area contributed by atoms with Gasteiger partial charge in [0.2, 0.25) is 5.91 Å². The van der Waals surface area contributed by atoms with E-state index >= 15 is 4.39 Å². The molecule has 2 N–H and O–H groups in total. The number of amides is 2. The summed E-state index contributed by atoms with van der Waals surface area (Å²) in [5.41, 5.74) is 2.75. The van der Waals surface area contributed by atoms with Gasteiger partial charge in [0, 0.05) is 55.5 Å². The summed E-state index contributed by atoms with van der Waals surface area (Å²) in [6, 6.07) is 17.3. The Bertz CT molecular complexity index is 1670. The third kappa shape index (κ3) is 5.71. The molecule has 1 aliphatic heterocycles. The number of rotatable bonds is 8. The predicted octanol–water partition coefficient (Wildman–Crippen LogP) is 3.71. The molecule has 2 aromatic carbocycles. The molecular weight excluding hydrogens is 529 g/mol. The number of benzene rings is 2. The van der Waals surface area contributed by atoms with E-state index in [1.807, 2.05) is 29.2 Å². The van der Waals surface area contributed by atoms with E-state index < -0.39 is 0 Å². The minimum absolute atomic E-state index is 0.119. The van der Waals surface area contributed by atoms with E-state index in [4.69, 9.17) is 9.05 Å². The number of carbonyl (C=O) groups excluding carboxylic acids is 2. The Labute approximate surface area is 233 Å². The average molecular weight is 556 g/mol. The Morgan fingerprint density at radius 2 is 1.83 bits per heavy atom. The van der Waals surface area contributed by atoms with Gasteiger partial charge in [-0.15, -0.1) is 0 Å². The summed E-state index contributed by atoms with van der Waals surface area (Å²) in [5.74, 6) is 0.238. The first-order valence-electron chi connectivity index (χ1n) is 13.1. The van der Waals surface area contributed by atoms with Gasteiger partial charge in [-0.05, 0) is 24.3 Å². The van der Waals surface area contributed by atoms with Crippen molar-refractivity contribution in [2.45, 2.75) is 6.54 Å². The molecule has 12 heteroatoms. The minimum Gasteiger partial charge on any atom is -0.366 e. The molecule has 3 aromatic heterocycles. The average Bonchev–Trinajstić information content (AvgIpc) is 3.71. The maximum Gasteiger partial charge on any atom is 0.252 e. The molecule has 1 aliphatic rings. The van der Waals surface area contributed by atoms with Crippen molar-refractivity contribution in [3.05, 3.63) is 90.3 Å².